The first kappa shape index (κ1) is 23.2. The predicted molar refractivity (Wildman–Crippen MR) is 79.2 cm³/mol. The van der Waals surface area contributed by atoms with Gasteiger partial charge in [0, 0.05) is 0 Å². The predicted octanol–water partition coefficient (Wildman–Crippen LogP) is 5.91. The van der Waals surface area contributed by atoms with Gasteiger partial charge in [0.15, 0.2) is 0 Å². The van der Waals surface area contributed by atoms with Crippen LogP contribution in [0.25, 0.3) is 0 Å². The topological polar surface area (TPSA) is 35.5 Å². The average Bonchev–Trinajstić information content (AvgIpc) is 1.87. The maximum atomic E-state index is 12.8. The van der Waals surface area contributed by atoms with E-state index in [1.54, 1.807) is 0 Å². The molecule has 3 nitrogen and oxygen atoms in total. The molecule has 0 aromatic carbocycles. The zero-order valence-electron chi connectivity index (χ0n) is 14.3. The van der Waals surface area contributed by atoms with Gasteiger partial charge >= 0.3 is 14.9 Å². The van der Waals surface area contributed by atoms with Crippen molar-refractivity contribution >= 4 is 14.9 Å². The highest BCUT2D eigenvalue weighted by Crippen LogP contribution is 2.63. The first-order chi connectivity index (χ1) is 8.66. The van der Waals surface area contributed by atoms with Crippen LogP contribution < -0.4 is 0 Å². The Morgan fingerprint density at radius 2 is 0.905 bits per heavy atom. The highest BCUT2D eigenvalue weighted by molar-refractivity contribution is 7.55. The van der Waals surface area contributed by atoms with Crippen molar-refractivity contribution in [1.82, 2.24) is 0 Å². The molecule has 0 aromatic rings. The van der Waals surface area contributed by atoms with Gasteiger partial charge in [-0.15, -0.1) is 0 Å². The van der Waals surface area contributed by atoms with Gasteiger partial charge in [0.05, 0.1) is 16.4 Å². The Bertz CT molecular complexity index is 339. The van der Waals surface area contributed by atoms with E-state index in [-0.39, 0.29) is 0 Å². The van der Waals surface area contributed by atoms with Crippen molar-refractivity contribution in [1.29, 1.82) is 0 Å². The fourth-order valence-electron chi connectivity index (χ4n) is 1.01. The van der Waals surface area contributed by atoms with Crippen LogP contribution in [0.2, 0.25) is 0 Å². The lowest BCUT2D eigenvalue weighted by Gasteiger charge is -2.38. The molecule has 0 aromatic heterocycles. The van der Waals surface area contributed by atoms with Crippen LogP contribution in [0.5, 0.6) is 0 Å². The summed E-state index contributed by atoms with van der Waals surface area (Å²) in [4.78, 5) is 0. The molecule has 0 atom stereocenters. The van der Waals surface area contributed by atoms with Crippen molar-refractivity contribution in [2.24, 2.45) is 0 Å². The number of hydrogen-bond donors (Lipinski definition) is 0. The largest absolute Gasteiger partial charge is 0.673 e. The van der Waals surface area contributed by atoms with Crippen molar-refractivity contribution in [3.63, 3.8) is 0 Å². The molecule has 0 N–H and O–H groups in total. The molecule has 0 aliphatic carbocycles. The lowest BCUT2D eigenvalue weighted by atomic mass is 10.2. The van der Waals surface area contributed by atoms with E-state index < -0.39 is 31.2 Å². The molecule has 0 fully saturated rings. The summed E-state index contributed by atoms with van der Waals surface area (Å²) < 4.78 is 63.2. The minimum atomic E-state index is -6.00. The molecule has 21 heavy (non-hydrogen) atoms. The molecule has 0 saturated carbocycles. The summed E-state index contributed by atoms with van der Waals surface area (Å²) in [6.07, 6.45) is 0. The third-order valence-electron chi connectivity index (χ3n) is 1.61. The first-order valence-corrected chi connectivity index (χ1v) is 8.10. The number of rotatable bonds is 2. The SMILES string of the molecule is CC(C)(C)OP(=O)(OC(C)(C)C)C(C)(C)C.F[B-](F)(F)F. The summed E-state index contributed by atoms with van der Waals surface area (Å²) in [5.41, 5.74) is -0.956. The Balaban J connectivity index is 0. The van der Waals surface area contributed by atoms with Gasteiger partial charge in [-0.2, -0.15) is 0 Å². The van der Waals surface area contributed by atoms with Crippen LogP contribution in [0.3, 0.4) is 0 Å². The second-order valence-corrected chi connectivity index (χ2v) is 10.3. The van der Waals surface area contributed by atoms with Gasteiger partial charge in [-0.25, -0.2) is 0 Å². The van der Waals surface area contributed by atoms with Crippen LogP contribution in [0.4, 0.5) is 17.3 Å². The summed E-state index contributed by atoms with van der Waals surface area (Å²) in [6.45, 7) is 17.0. The van der Waals surface area contributed by atoms with Crippen molar-refractivity contribution in [2.45, 2.75) is 78.7 Å². The van der Waals surface area contributed by atoms with Crippen LogP contribution in [0.15, 0.2) is 0 Å². The second-order valence-electron chi connectivity index (χ2n) is 7.57. The quantitative estimate of drug-likeness (QED) is 0.357. The fourth-order valence-corrected chi connectivity index (χ4v) is 3.04. The monoisotopic (exact) mass is 337 g/mol. The van der Waals surface area contributed by atoms with E-state index in [4.69, 9.17) is 9.05 Å². The van der Waals surface area contributed by atoms with Crippen LogP contribution in [0.1, 0.15) is 62.3 Å². The van der Waals surface area contributed by atoms with Crippen molar-refractivity contribution in [3.8, 4) is 0 Å². The zero-order chi connectivity index (χ0) is 17.9. The van der Waals surface area contributed by atoms with Crippen molar-refractivity contribution in [3.05, 3.63) is 0 Å². The lowest BCUT2D eigenvalue weighted by Crippen LogP contribution is -2.31. The molecule has 0 rings (SSSR count). The Morgan fingerprint density at radius 3 is 1.00 bits per heavy atom. The molecular formula is C12H27BF4O3P-. The third-order valence-corrected chi connectivity index (χ3v) is 4.83. The van der Waals surface area contributed by atoms with Crippen LogP contribution in [0, 0.1) is 0 Å². The van der Waals surface area contributed by atoms with E-state index in [2.05, 4.69) is 0 Å². The summed E-state index contributed by atoms with van der Waals surface area (Å²) in [5.74, 6) is 0. The molecule has 9 heteroatoms. The van der Waals surface area contributed by atoms with E-state index in [1.165, 1.54) is 0 Å². The maximum absolute atomic E-state index is 12.8. The highest BCUT2D eigenvalue weighted by Gasteiger charge is 2.45. The van der Waals surface area contributed by atoms with Crippen LogP contribution in [-0.2, 0) is 13.6 Å². The molecule has 0 spiro atoms. The molecule has 0 aliphatic rings. The Kier molecular flexibility index (Phi) is 7.74. The molecule has 0 radical (unpaired) electrons. The van der Waals surface area contributed by atoms with E-state index in [9.17, 15) is 21.8 Å². The molecular weight excluding hydrogens is 310 g/mol. The van der Waals surface area contributed by atoms with Gasteiger partial charge in [0.1, 0.15) is 0 Å². The molecule has 130 valence electrons. The normalized spacial score (nSPS) is 14.5. The lowest BCUT2D eigenvalue weighted by molar-refractivity contribution is 0.0410. The average molecular weight is 337 g/mol. The molecule has 0 amide bonds. The standard InChI is InChI=1S/C12H27O3P.BF4/c1-10(2,3)14-16(13,12(7,8)9)15-11(4,5)6;2-1(3,4)5/h1-9H3;/q;-1. The van der Waals surface area contributed by atoms with E-state index in [1.807, 2.05) is 62.3 Å². The molecule has 0 unspecified atom stereocenters. The van der Waals surface area contributed by atoms with Crippen LogP contribution in [-0.4, -0.2) is 23.6 Å². The second kappa shape index (κ2) is 7.01. The number of halogens is 4. The molecule has 0 heterocycles. The van der Waals surface area contributed by atoms with Gasteiger partial charge in [0.2, 0.25) is 0 Å². The van der Waals surface area contributed by atoms with Gasteiger partial charge in [-0.3, -0.25) is 4.57 Å². The number of hydrogen-bond acceptors (Lipinski definition) is 3. The molecule has 0 aliphatic heterocycles. The van der Waals surface area contributed by atoms with Gasteiger partial charge in [0.25, 0.3) is 0 Å². The van der Waals surface area contributed by atoms with Gasteiger partial charge < -0.3 is 26.3 Å². The first-order valence-electron chi connectivity index (χ1n) is 6.55. The Labute approximate surface area is 125 Å². The minimum Gasteiger partial charge on any atom is -0.418 e. The van der Waals surface area contributed by atoms with Gasteiger partial charge in [-0.05, 0) is 62.3 Å². The maximum Gasteiger partial charge on any atom is 0.673 e. The Morgan fingerprint density at radius 1 is 0.714 bits per heavy atom. The molecule has 0 saturated heterocycles. The zero-order valence-corrected chi connectivity index (χ0v) is 15.2. The minimum absolute atomic E-state index is 0.478. The summed E-state index contributed by atoms with van der Waals surface area (Å²) >= 11 is 0. The van der Waals surface area contributed by atoms with E-state index in [0.717, 1.165) is 0 Å². The van der Waals surface area contributed by atoms with Crippen molar-refractivity contribution < 1.29 is 30.9 Å². The highest BCUT2D eigenvalue weighted by atomic mass is 31.2. The molecule has 0 bridgehead atoms. The van der Waals surface area contributed by atoms with E-state index in [0.29, 0.717) is 0 Å². The van der Waals surface area contributed by atoms with E-state index >= 15 is 0 Å². The Hall–Kier alpha value is -0.0651. The van der Waals surface area contributed by atoms with Crippen LogP contribution >= 0.6 is 7.60 Å². The summed E-state index contributed by atoms with van der Waals surface area (Å²) in [7, 11) is -9.15. The smallest absolute Gasteiger partial charge is 0.418 e. The van der Waals surface area contributed by atoms with Gasteiger partial charge in [-0.1, -0.05) is 0 Å². The third kappa shape index (κ3) is 14.6. The fraction of sp³-hybridized carbons (Fsp3) is 1.00. The summed E-state index contributed by atoms with van der Waals surface area (Å²) in [5, 5.41) is -0.520. The summed E-state index contributed by atoms with van der Waals surface area (Å²) in [6, 6.07) is 0. The van der Waals surface area contributed by atoms with Crippen molar-refractivity contribution in [2.75, 3.05) is 0 Å².